The molecule has 1 saturated heterocycles. The van der Waals surface area contributed by atoms with E-state index in [1.54, 1.807) is 6.92 Å². The molecule has 0 aromatic heterocycles. The first-order chi connectivity index (χ1) is 13.0. The molecule has 2 heterocycles. The number of hydrogen-bond acceptors (Lipinski definition) is 4. The number of nitriles is 2. The molecule has 0 N–H and O–H groups in total. The van der Waals surface area contributed by atoms with Crippen LogP contribution in [0.15, 0.2) is 54.7 Å². The van der Waals surface area contributed by atoms with Crippen molar-refractivity contribution in [2.45, 2.75) is 24.9 Å². The van der Waals surface area contributed by atoms with E-state index in [1.165, 1.54) is 0 Å². The van der Waals surface area contributed by atoms with Crippen molar-refractivity contribution >= 4 is 34.5 Å². The number of benzene rings is 2. The predicted octanol–water partition coefficient (Wildman–Crippen LogP) is 4.41. The van der Waals surface area contributed by atoms with Crippen molar-refractivity contribution < 1.29 is 4.79 Å². The second kappa shape index (κ2) is 6.51. The van der Waals surface area contributed by atoms with E-state index in [-0.39, 0.29) is 5.78 Å². The van der Waals surface area contributed by atoms with Crippen molar-refractivity contribution in [1.82, 2.24) is 4.90 Å². The van der Waals surface area contributed by atoms with Gasteiger partial charge in [-0.25, -0.2) is 0 Å². The molecule has 27 heavy (non-hydrogen) atoms. The van der Waals surface area contributed by atoms with Crippen LogP contribution in [-0.2, 0) is 4.79 Å². The molecule has 0 amide bonds. The van der Waals surface area contributed by atoms with E-state index in [9.17, 15) is 15.3 Å². The summed E-state index contributed by atoms with van der Waals surface area (Å²) >= 11 is 2.22. The summed E-state index contributed by atoms with van der Waals surface area (Å²) in [5, 5.41) is 20.5. The van der Waals surface area contributed by atoms with E-state index in [0.29, 0.717) is 0 Å². The Labute approximate surface area is 171 Å². The molecule has 5 heteroatoms. The first-order valence-electron chi connectivity index (χ1n) is 8.66. The summed E-state index contributed by atoms with van der Waals surface area (Å²) in [5.41, 5.74) is 1.40. The third kappa shape index (κ3) is 2.49. The topological polar surface area (TPSA) is 67.9 Å². The number of rotatable bonds is 2. The molecule has 2 aliphatic rings. The number of fused-ring (bicyclic) bond motifs is 3. The summed E-state index contributed by atoms with van der Waals surface area (Å²) in [5.74, 6) is -0.569. The highest BCUT2D eigenvalue weighted by Crippen LogP contribution is 2.59. The largest absolute Gasteiger partial charge is 0.357 e. The molecule has 0 unspecified atom stereocenters. The molecule has 0 saturated carbocycles. The molecule has 0 aliphatic carbocycles. The first-order valence-corrected chi connectivity index (χ1v) is 9.74. The average molecular weight is 465 g/mol. The van der Waals surface area contributed by atoms with Gasteiger partial charge in [0.25, 0.3) is 0 Å². The molecule has 2 aliphatic heterocycles. The lowest BCUT2D eigenvalue weighted by molar-refractivity contribution is -0.121. The van der Waals surface area contributed by atoms with Gasteiger partial charge in [-0.3, -0.25) is 4.79 Å². The SMILES string of the molecule is CC(=O)[C@@H]1[C@H](c2cccc(I)c2)C(C#N)(C#N)[C@@H]2c3ccccc3C=CN12. The van der Waals surface area contributed by atoms with E-state index in [0.717, 1.165) is 20.3 Å². The maximum absolute atomic E-state index is 12.7. The fourth-order valence-electron chi connectivity index (χ4n) is 4.53. The minimum atomic E-state index is -1.36. The standard InChI is InChI=1S/C22H16IN3O/c1-14(27)20-19(16-6-4-7-17(23)11-16)22(12-24,13-25)21-18-8-3-2-5-15(18)9-10-26(20)21/h2-11,19-21H,1H3/t19-,20+,21-/m0/s1. The quantitative estimate of drug-likeness (QED) is 0.617. The zero-order valence-electron chi connectivity index (χ0n) is 14.6. The van der Waals surface area contributed by atoms with Crippen LogP contribution in [0.5, 0.6) is 0 Å². The van der Waals surface area contributed by atoms with E-state index < -0.39 is 23.4 Å². The molecule has 0 radical (unpaired) electrons. The van der Waals surface area contributed by atoms with Crippen LogP contribution < -0.4 is 0 Å². The van der Waals surface area contributed by atoms with Gasteiger partial charge in [0.15, 0.2) is 11.2 Å². The van der Waals surface area contributed by atoms with Gasteiger partial charge in [-0.2, -0.15) is 10.5 Å². The molecule has 4 rings (SSSR count). The molecule has 2 aromatic carbocycles. The normalized spacial score (nSPS) is 24.4. The van der Waals surface area contributed by atoms with Gasteiger partial charge in [0.2, 0.25) is 0 Å². The molecular formula is C22H16IN3O. The Morgan fingerprint density at radius 1 is 1.15 bits per heavy atom. The minimum Gasteiger partial charge on any atom is -0.357 e. The monoisotopic (exact) mass is 465 g/mol. The van der Waals surface area contributed by atoms with Crippen LogP contribution in [0.2, 0.25) is 0 Å². The average Bonchev–Trinajstić information content (AvgIpc) is 2.99. The maximum Gasteiger partial charge on any atom is 0.177 e. The lowest BCUT2D eigenvalue weighted by atomic mass is 9.68. The molecule has 2 aromatic rings. The van der Waals surface area contributed by atoms with Crippen molar-refractivity contribution in [2.24, 2.45) is 5.41 Å². The molecular weight excluding hydrogens is 449 g/mol. The molecule has 1 fully saturated rings. The Bertz CT molecular complexity index is 1030. The first kappa shape index (κ1) is 17.8. The van der Waals surface area contributed by atoms with Crippen molar-refractivity contribution in [3.63, 3.8) is 0 Å². The summed E-state index contributed by atoms with van der Waals surface area (Å²) in [6, 6.07) is 19.2. The zero-order chi connectivity index (χ0) is 19.2. The highest BCUT2D eigenvalue weighted by Gasteiger charge is 2.63. The van der Waals surface area contributed by atoms with Crippen LogP contribution >= 0.6 is 22.6 Å². The Kier molecular flexibility index (Phi) is 4.28. The van der Waals surface area contributed by atoms with Gasteiger partial charge in [-0.05, 0) is 64.4 Å². The van der Waals surface area contributed by atoms with Crippen molar-refractivity contribution in [1.29, 1.82) is 10.5 Å². The fraction of sp³-hybridized carbons (Fsp3) is 0.227. The van der Waals surface area contributed by atoms with E-state index in [4.69, 9.17) is 0 Å². The highest BCUT2D eigenvalue weighted by molar-refractivity contribution is 14.1. The van der Waals surface area contributed by atoms with Gasteiger partial charge < -0.3 is 4.90 Å². The molecule has 4 nitrogen and oxygen atoms in total. The third-order valence-electron chi connectivity index (χ3n) is 5.57. The maximum atomic E-state index is 12.7. The Balaban J connectivity index is 2.02. The van der Waals surface area contributed by atoms with Gasteiger partial charge in [0.1, 0.15) is 0 Å². The number of ketones is 1. The van der Waals surface area contributed by atoms with Crippen LogP contribution in [-0.4, -0.2) is 16.7 Å². The summed E-state index contributed by atoms with van der Waals surface area (Å²) in [4.78, 5) is 14.6. The van der Waals surface area contributed by atoms with Gasteiger partial charge in [-0.15, -0.1) is 0 Å². The Hall–Kier alpha value is -2.64. The van der Waals surface area contributed by atoms with Gasteiger partial charge in [0, 0.05) is 15.7 Å². The second-order valence-electron chi connectivity index (χ2n) is 6.98. The van der Waals surface area contributed by atoms with Crippen LogP contribution in [0.1, 0.15) is 35.6 Å². The van der Waals surface area contributed by atoms with Crippen molar-refractivity contribution in [3.05, 3.63) is 75.0 Å². The van der Waals surface area contributed by atoms with Crippen LogP contribution in [0.3, 0.4) is 0 Å². The Morgan fingerprint density at radius 3 is 2.56 bits per heavy atom. The molecule has 3 atom stereocenters. The summed E-state index contributed by atoms with van der Waals surface area (Å²) in [7, 11) is 0. The summed E-state index contributed by atoms with van der Waals surface area (Å²) in [6.45, 7) is 1.54. The van der Waals surface area contributed by atoms with Crippen molar-refractivity contribution in [3.8, 4) is 12.1 Å². The minimum absolute atomic E-state index is 0.0414. The number of halogens is 1. The zero-order valence-corrected chi connectivity index (χ0v) is 16.8. The highest BCUT2D eigenvalue weighted by atomic mass is 127. The third-order valence-corrected chi connectivity index (χ3v) is 6.24. The second-order valence-corrected chi connectivity index (χ2v) is 8.22. The fourth-order valence-corrected chi connectivity index (χ4v) is 5.09. The molecule has 132 valence electrons. The number of carbonyl (C=O) groups excluding carboxylic acids is 1. The van der Waals surface area contributed by atoms with Gasteiger partial charge in [-0.1, -0.05) is 36.4 Å². The van der Waals surface area contributed by atoms with Gasteiger partial charge >= 0.3 is 0 Å². The van der Waals surface area contributed by atoms with E-state index in [2.05, 4.69) is 34.7 Å². The smallest absolute Gasteiger partial charge is 0.177 e. The molecule has 0 bridgehead atoms. The lowest BCUT2D eigenvalue weighted by Crippen LogP contribution is -2.36. The predicted molar refractivity (Wildman–Crippen MR) is 110 cm³/mol. The van der Waals surface area contributed by atoms with Gasteiger partial charge in [0.05, 0.1) is 24.2 Å². The molecule has 0 spiro atoms. The summed E-state index contributed by atoms with van der Waals surface area (Å²) < 4.78 is 1.01. The summed E-state index contributed by atoms with van der Waals surface area (Å²) in [6.07, 6.45) is 3.83. The Morgan fingerprint density at radius 2 is 1.89 bits per heavy atom. The van der Waals surface area contributed by atoms with E-state index in [1.807, 2.05) is 65.7 Å². The number of carbonyl (C=O) groups is 1. The number of nitrogens with zero attached hydrogens (tertiary/aromatic N) is 3. The number of hydrogen-bond donors (Lipinski definition) is 0. The van der Waals surface area contributed by atoms with Crippen LogP contribution in [0.4, 0.5) is 0 Å². The van der Waals surface area contributed by atoms with E-state index >= 15 is 0 Å². The lowest BCUT2D eigenvalue weighted by Gasteiger charge is -2.34. The number of Topliss-reactive ketones (excluding diaryl/α,β-unsaturated/α-hetero) is 1. The van der Waals surface area contributed by atoms with Crippen LogP contribution in [0.25, 0.3) is 6.08 Å². The van der Waals surface area contributed by atoms with Crippen LogP contribution in [0, 0.1) is 31.6 Å². The van der Waals surface area contributed by atoms with Crippen molar-refractivity contribution in [2.75, 3.05) is 0 Å².